The molecule has 0 aliphatic carbocycles. The number of nitro benzene ring substituents is 1. The first kappa shape index (κ1) is 12.6. The Morgan fingerprint density at radius 3 is 2.53 bits per heavy atom. The Hall–Kier alpha value is -2.81. The monoisotopic (exact) mass is 260 g/mol. The van der Waals surface area contributed by atoms with Crippen LogP contribution in [0.25, 0.3) is 11.1 Å². The lowest BCUT2D eigenvalue weighted by Gasteiger charge is -2.07. The third-order valence-corrected chi connectivity index (χ3v) is 2.56. The van der Waals surface area contributed by atoms with Crippen molar-refractivity contribution in [3.8, 4) is 17.2 Å². The number of nitriles is 1. The van der Waals surface area contributed by atoms with Crippen LogP contribution in [0.4, 0.5) is 14.5 Å². The first-order valence-electron chi connectivity index (χ1n) is 5.17. The molecule has 0 heterocycles. The summed E-state index contributed by atoms with van der Waals surface area (Å²) >= 11 is 0. The second-order valence-electron chi connectivity index (χ2n) is 3.70. The number of hydrogen-bond acceptors (Lipinski definition) is 3. The predicted octanol–water partition coefficient (Wildman–Crippen LogP) is 3.41. The molecule has 0 aromatic heterocycles. The van der Waals surface area contributed by atoms with E-state index in [1.54, 1.807) is 6.07 Å². The van der Waals surface area contributed by atoms with Gasteiger partial charge in [0.05, 0.1) is 16.6 Å². The topological polar surface area (TPSA) is 66.9 Å². The molecule has 0 aliphatic heterocycles. The van der Waals surface area contributed by atoms with E-state index in [-0.39, 0.29) is 22.4 Å². The molecular weight excluding hydrogens is 254 g/mol. The van der Waals surface area contributed by atoms with Crippen LogP contribution < -0.4 is 0 Å². The van der Waals surface area contributed by atoms with E-state index in [9.17, 15) is 18.9 Å². The van der Waals surface area contributed by atoms with Crippen LogP contribution in [0.3, 0.4) is 0 Å². The van der Waals surface area contributed by atoms with Gasteiger partial charge in [-0.25, -0.2) is 8.78 Å². The highest BCUT2D eigenvalue weighted by Crippen LogP contribution is 2.31. The average molecular weight is 260 g/mol. The summed E-state index contributed by atoms with van der Waals surface area (Å²) in [5, 5.41) is 19.6. The Morgan fingerprint density at radius 2 is 1.89 bits per heavy atom. The molecule has 0 N–H and O–H groups in total. The molecule has 0 radical (unpaired) electrons. The number of rotatable bonds is 2. The van der Waals surface area contributed by atoms with E-state index in [1.807, 2.05) is 0 Å². The SMILES string of the molecule is N#Cc1cccc(F)c1-c1cc([N+](=O)[O-])ccc1F. The van der Waals surface area contributed by atoms with Gasteiger partial charge in [-0.05, 0) is 18.2 Å². The molecule has 2 aromatic rings. The van der Waals surface area contributed by atoms with E-state index >= 15 is 0 Å². The van der Waals surface area contributed by atoms with Gasteiger partial charge in [-0.3, -0.25) is 10.1 Å². The molecule has 0 unspecified atom stereocenters. The lowest BCUT2D eigenvalue weighted by atomic mass is 9.99. The summed E-state index contributed by atoms with van der Waals surface area (Å²) in [4.78, 5) is 9.95. The number of benzene rings is 2. The molecule has 0 bridgehead atoms. The predicted molar refractivity (Wildman–Crippen MR) is 63.2 cm³/mol. The molecular formula is C13H6F2N2O2. The van der Waals surface area contributed by atoms with Crippen molar-refractivity contribution in [1.29, 1.82) is 5.26 Å². The summed E-state index contributed by atoms with van der Waals surface area (Å²) < 4.78 is 27.5. The zero-order valence-electron chi connectivity index (χ0n) is 9.43. The molecule has 2 aromatic carbocycles. The van der Waals surface area contributed by atoms with E-state index in [2.05, 4.69) is 0 Å². The normalized spacial score (nSPS) is 9.95. The van der Waals surface area contributed by atoms with E-state index in [1.165, 1.54) is 12.1 Å². The highest BCUT2D eigenvalue weighted by Gasteiger charge is 2.18. The molecule has 0 fully saturated rings. The van der Waals surface area contributed by atoms with Gasteiger partial charge in [-0.15, -0.1) is 0 Å². The zero-order valence-corrected chi connectivity index (χ0v) is 9.43. The van der Waals surface area contributed by atoms with Crippen LogP contribution in [-0.4, -0.2) is 4.92 Å². The van der Waals surface area contributed by atoms with Gasteiger partial charge in [0.25, 0.3) is 5.69 Å². The summed E-state index contributed by atoms with van der Waals surface area (Å²) in [5.74, 6) is -1.63. The average Bonchev–Trinajstić information content (AvgIpc) is 2.39. The van der Waals surface area contributed by atoms with Crippen molar-refractivity contribution >= 4 is 5.69 Å². The van der Waals surface area contributed by atoms with Gasteiger partial charge in [0.15, 0.2) is 0 Å². The molecule has 0 amide bonds. The fourth-order valence-electron chi connectivity index (χ4n) is 1.71. The highest BCUT2D eigenvalue weighted by atomic mass is 19.1. The quantitative estimate of drug-likeness (QED) is 0.613. The van der Waals surface area contributed by atoms with Crippen LogP contribution >= 0.6 is 0 Å². The highest BCUT2D eigenvalue weighted by molar-refractivity contribution is 5.73. The van der Waals surface area contributed by atoms with Crippen LogP contribution in [-0.2, 0) is 0 Å². The van der Waals surface area contributed by atoms with Crippen molar-refractivity contribution in [3.63, 3.8) is 0 Å². The van der Waals surface area contributed by atoms with Gasteiger partial charge in [-0.2, -0.15) is 5.26 Å². The molecule has 2 rings (SSSR count). The fourth-order valence-corrected chi connectivity index (χ4v) is 1.71. The second kappa shape index (κ2) is 4.82. The maximum atomic E-state index is 13.7. The summed E-state index contributed by atoms with van der Waals surface area (Å²) in [7, 11) is 0. The lowest BCUT2D eigenvalue weighted by Crippen LogP contribution is -1.95. The van der Waals surface area contributed by atoms with Gasteiger partial charge in [0.1, 0.15) is 11.6 Å². The van der Waals surface area contributed by atoms with Crippen LogP contribution in [0.5, 0.6) is 0 Å². The lowest BCUT2D eigenvalue weighted by molar-refractivity contribution is -0.384. The molecule has 0 spiro atoms. The number of halogens is 2. The van der Waals surface area contributed by atoms with Crippen molar-refractivity contribution in [2.45, 2.75) is 0 Å². The Morgan fingerprint density at radius 1 is 1.16 bits per heavy atom. The Kier molecular flexibility index (Phi) is 3.21. The molecule has 94 valence electrons. The van der Waals surface area contributed by atoms with E-state index in [0.29, 0.717) is 0 Å². The molecule has 19 heavy (non-hydrogen) atoms. The molecule has 0 saturated carbocycles. The number of nitrogens with zero attached hydrogens (tertiary/aromatic N) is 2. The van der Waals surface area contributed by atoms with Crippen LogP contribution in [0, 0.1) is 33.1 Å². The van der Waals surface area contributed by atoms with E-state index < -0.39 is 16.6 Å². The van der Waals surface area contributed by atoms with Crippen LogP contribution in [0.2, 0.25) is 0 Å². The molecule has 4 nitrogen and oxygen atoms in total. The summed E-state index contributed by atoms with van der Waals surface area (Å²) in [6.45, 7) is 0. The maximum Gasteiger partial charge on any atom is 0.270 e. The number of nitro groups is 1. The van der Waals surface area contributed by atoms with Gasteiger partial charge in [0, 0.05) is 23.3 Å². The van der Waals surface area contributed by atoms with Gasteiger partial charge in [0.2, 0.25) is 0 Å². The van der Waals surface area contributed by atoms with E-state index in [0.717, 1.165) is 24.3 Å². The maximum absolute atomic E-state index is 13.7. The van der Waals surface area contributed by atoms with Crippen molar-refractivity contribution in [1.82, 2.24) is 0 Å². The smallest absolute Gasteiger partial charge is 0.258 e. The molecule has 0 atom stereocenters. The van der Waals surface area contributed by atoms with Crippen molar-refractivity contribution in [2.75, 3.05) is 0 Å². The van der Waals surface area contributed by atoms with Crippen molar-refractivity contribution < 1.29 is 13.7 Å². The molecule has 0 aliphatic rings. The first-order chi connectivity index (χ1) is 9.04. The third-order valence-electron chi connectivity index (χ3n) is 2.56. The Bertz CT molecular complexity index is 708. The minimum absolute atomic E-state index is 0.0839. The number of non-ortho nitro benzene ring substituents is 1. The minimum atomic E-state index is -0.827. The molecule has 0 saturated heterocycles. The third kappa shape index (κ3) is 2.26. The Labute approximate surface area is 106 Å². The number of hydrogen-bond donors (Lipinski definition) is 0. The summed E-state index contributed by atoms with van der Waals surface area (Å²) in [5.41, 5.74) is -1.03. The summed E-state index contributed by atoms with van der Waals surface area (Å²) in [6, 6.07) is 8.19. The van der Waals surface area contributed by atoms with E-state index in [4.69, 9.17) is 5.26 Å². The van der Waals surface area contributed by atoms with Crippen molar-refractivity contribution in [3.05, 3.63) is 63.7 Å². The summed E-state index contributed by atoms with van der Waals surface area (Å²) in [6.07, 6.45) is 0. The minimum Gasteiger partial charge on any atom is -0.258 e. The standard InChI is InChI=1S/C13H6F2N2O2/c14-11-5-4-9(17(18)19)6-10(11)13-8(7-16)2-1-3-12(13)15/h1-6H. The van der Waals surface area contributed by atoms with Crippen molar-refractivity contribution in [2.24, 2.45) is 0 Å². The molecule has 6 heteroatoms. The van der Waals surface area contributed by atoms with Crippen LogP contribution in [0.1, 0.15) is 5.56 Å². The van der Waals surface area contributed by atoms with Gasteiger partial charge < -0.3 is 0 Å². The first-order valence-corrected chi connectivity index (χ1v) is 5.17. The second-order valence-corrected chi connectivity index (χ2v) is 3.70. The Balaban J connectivity index is 2.76. The zero-order chi connectivity index (χ0) is 14.0. The van der Waals surface area contributed by atoms with Crippen LogP contribution in [0.15, 0.2) is 36.4 Å². The van der Waals surface area contributed by atoms with Gasteiger partial charge >= 0.3 is 0 Å². The van der Waals surface area contributed by atoms with Gasteiger partial charge in [-0.1, -0.05) is 6.07 Å². The largest absolute Gasteiger partial charge is 0.270 e. The fraction of sp³-hybridized carbons (Fsp3) is 0.